The maximum absolute atomic E-state index is 12.5. The minimum atomic E-state index is -0.402. The van der Waals surface area contributed by atoms with Crippen molar-refractivity contribution in [1.82, 2.24) is 25.1 Å². The van der Waals surface area contributed by atoms with Gasteiger partial charge in [-0.1, -0.05) is 54.1 Å². The first kappa shape index (κ1) is 22.3. The van der Waals surface area contributed by atoms with Crippen LogP contribution in [0.2, 0.25) is 5.02 Å². The first-order valence-electron chi connectivity index (χ1n) is 10.3. The Morgan fingerprint density at radius 2 is 1.88 bits per heavy atom. The lowest BCUT2D eigenvalue weighted by atomic mass is 10.0. The third kappa shape index (κ3) is 5.85. The van der Waals surface area contributed by atoms with Gasteiger partial charge in [-0.2, -0.15) is 10.1 Å². The SMILES string of the molecule is O=C(Nc1cnn(-c2ccnc(Nc3ccccc3Cl)n2)c1)N[C@@H](CCO)c1ccccc1. The number of nitrogens with one attached hydrogen (secondary N) is 3. The van der Waals surface area contributed by atoms with Crippen molar-refractivity contribution in [3.63, 3.8) is 0 Å². The standard InChI is InChI=1S/C23H22ClN7O2/c24-18-8-4-5-9-20(18)28-22-25-12-10-21(30-22)31-15-17(14-26-31)27-23(33)29-19(11-13-32)16-6-2-1-3-7-16/h1-10,12,14-15,19,32H,11,13H2,(H,25,28,30)(H2,27,29,33)/t19-/m0/s1. The minimum Gasteiger partial charge on any atom is -0.396 e. The number of aliphatic hydroxyl groups is 1. The van der Waals surface area contributed by atoms with E-state index in [1.54, 1.807) is 24.5 Å². The fourth-order valence-electron chi connectivity index (χ4n) is 3.19. The Morgan fingerprint density at radius 1 is 1.09 bits per heavy atom. The van der Waals surface area contributed by atoms with E-state index < -0.39 is 6.03 Å². The van der Waals surface area contributed by atoms with Crippen LogP contribution in [0.1, 0.15) is 18.0 Å². The summed E-state index contributed by atoms with van der Waals surface area (Å²) in [5, 5.41) is 22.9. The van der Waals surface area contributed by atoms with E-state index in [4.69, 9.17) is 11.6 Å². The highest BCUT2D eigenvalue weighted by Gasteiger charge is 2.15. The Hall–Kier alpha value is -3.95. The molecule has 1 atom stereocenters. The molecule has 2 amide bonds. The summed E-state index contributed by atoms with van der Waals surface area (Å²) >= 11 is 6.18. The first-order valence-corrected chi connectivity index (χ1v) is 10.6. The summed E-state index contributed by atoms with van der Waals surface area (Å²) in [6, 6.07) is 17.8. The number of carbonyl (C=O) groups excluding carboxylic acids is 1. The fraction of sp³-hybridized carbons (Fsp3) is 0.130. The third-order valence-corrected chi connectivity index (χ3v) is 5.09. The van der Waals surface area contributed by atoms with Crippen LogP contribution in [0.5, 0.6) is 0 Å². The number of urea groups is 1. The molecule has 0 radical (unpaired) electrons. The number of carbonyl (C=O) groups is 1. The smallest absolute Gasteiger partial charge is 0.319 e. The Balaban J connectivity index is 1.42. The van der Waals surface area contributed by atoms with Crippen LogP contribution in [0.3, 0.4) is 0 Å². The summed E-state index contributed by atoms with van der Waals surface area (Å²) in [5.74, 6) is 0.869. The first-order chi connectivity index (χ1) is 16.1. The second kappa shape index (κ2) is 10.6. The molecule has 4 rings (SSSR count). The lowest BCUT2D eigenvalue weighted by Crippen LogP contribution is -2.33. The number of rotatable bonds is 8. The van der Waals surface area contributed by atoms with Crippen molar-refractivity contribution >= 4 is 35.0 Å². The normalized spacial score (nSPS) is 11.6. The zero-order valence-electron chi connectivity index (χ0n) is 17.5. The van der Waals surface area contributed by atoms with E-state index in [2.05, 4.69) is 31.0 Å². The van der Waals surface area contributed by atoms with Gasteiger partial charge in [0.1, 0.15) is 0 Å². The van der Waals surface area contributed by atoms with Gasteiger partial charge in [0, 0.05) is 18.9 Å². The Morgan fingerprint density at radius 3 is 2.67 bits per heavy atom. The van der Waals surface area contributed by atoms with Crippen LogP contribution in [0.15, 0.2) is 79.3 Å². The lowest BCUT2D eigenvalue weighted by Gasteiger charge is -2.18. The molecule has 0 bridgehead atoms. The number of anilines is 3. The van der Waals surface area contributed by atoms with Gasteiger partial charge in [0.05, 0.1) is 34.8 Å². The molecule has 2 heterocycles. The molecule has 4 N–H and O–H groups in total. The van der Waals surface area contributed by atoms with Gasteiger partial charge in [-0.25, -0.2) is 14.5 Å². The molecule has 9 nitrogen and oxygen atoms in total. The number of benzene rings is 2. The second-order valence-corrected chi connectivity index (χ2v) is 7.50. The van der Waals surface area contributed by atoms with Gasteiger partial charge in [0.15, 0.2) is 5.82 Å². The van der Waals surface area contributed by atoms with Gasteiger partial charge in [-0.15, -0.1) is 0 Å². The molecule has 2 aromatic heterocycles. The number of hydrogen-bond donors (Lipinski definition) is 4. The van der Waals surface area contributed by atoms with E-state index in [0.29, 0.717) is 34.6 Å². The molecule has 10 heteroatoms. The summed E-state index contributed by atoms with van der Waals surface area (Å²) in [6.07, 6.45) is 5.17. The Kier molecular flexibility index (Phi) is 7.13. The minimum absolute atomic E-state index is 0.0456. The van der Waals surface area contributed by atoms with Crippen molar-refractivity contribution in [3.05, 3.63) is 89.8 Å². The molecule has 0 aliphatic heterocycles. The second-order valence-electron chi connectivity index (χ2n) is 7.09. The molecule has 0 spiro atoms. The summed E-state index contributed by atoms with van der Waals surface area (Å²) in [5.41, 5.74) is 2.09. The largest absolute Gasteiger partial charge is 0.396 e. The predicted octanol–water partition coefficient (Wildman–Crippen LogP) is 4.30. The summed E-state index contributed by atoms with van der Waals surface area (Å²) in [6.45, 7) is -0.0456. The van der Waals surface area contributed by atoms with Crippen LogP contribution >= 0.6 is 11.6 Å². The molecular formula is C23H22ClN7O2. The molecule has 0 aliphatic carbocycles. The highest BCUT2D eigenvalue weighted by molar-refractivity contribution is 6.33. The van der Waals surface area contributed by atoms with Gasteiger partial charge in [-0.3, -0.25) is 0 Å². The van der Waals surface area contributed by atoms with Crippen LogP contribution in [0.25, 0.3) is 5.82 Å². The Labute approximate surface area is 195 Å². The zero-order chi connectivity index (χ0) is 23.0. The molecule has 0 saturated carbocycles. The number of aromatic nitrogens is 4. The van der Waals surface area contributed by atoms with Crippen molar-refractivity contribution in [2.75, 3.05) is 17.2 Å². The van der Waals surface area contributed by atoms with Gasteiger partial charge in [0.2, 0.25) is 5.95 Å². The third-order valence-electron chi connectivity index (χ3n) is 4.76. The van der Waals surface area contributed by atoms with E-state index in [0.717, 1.165) is 5.56 Å². The number of halogens is 1. The predicted molar refractivity (Wildman–Crippen MR) is 127 cm³/mol. The molecule has 0 saturated heterocycles. The van der Waals surface area contributed by atoms with Crippen LogP contribution < -0.4 is 16.0 Å². The lowest BCUT2D eigenvalue weighted by molar-refractivity contribution is 0.239. The van der Waals surface area contributed by atoms with Gasteiger partial charge in [-0.05, 0) is 24.1 Å². The number of amides is 2. The molecule has 0 aliphatic rings. The molecule has 0 unspecified atom stereocenters. The number of hydrogen-bond acceptors (Lipinski definition) is 6. The molecule has 168 valence electrons. The van der Waals surface area contributed by atoms with Crippen molar-refractivity contribution in [3.8, 4) is 5.82 Å². The number of para-hydroxylation sites is 1. The van der Waals surface area contributed by atoms with Crippen molar-refractivity contribution in [1.29, 1.82) is 0 Å². The van der Waals surface area contributed by atoms with Crippen LogP contribution in [0.4, 0.5) is 22.1 Å². The molecular weight excluding hydrogens is 442 g/mol. The van der Waals surface area contributed by atoms with E-state index in [1.807, 2.05) is 48.5 Å². The van der Waals surface area contributed by atoms with Crippen molar-refractivity contribution in [2.24, 2.45) is 0 Å². The number of nitrogens with zero attached hydrogens (tertiary/aromatic N) is 4. The topological polar surface area (TPSA) is 117 Å². The summed E-state index contributed by atoms with van der Waals surface area (Å²) in [7, 11) is 0. The highest BCUT2D eigenvalue weighted by Crippen LogP contribution is 2.23. The molecule has 4 aromatic rings. The maximum atomic E-state index is 12.5. The van der Waals surface area contributed by atoms with Gasteiger partial charge >= 0.3 is 6.03 Å². The summed E-state index contributed by atoms with van der Waals surface area (Å²) < 4.78 is 1.53. The highest BCUT2D eigenvalue weighted by atomic mass is 35.5. The summed E-state index contributed by atoms with van der Waals surface area (Å²) in [4.78, 5) is 21.2. The monoisotopic (exact) mass is 463 g/mol. The van der Waals surface area contributed by atoms with Crippen LogP contribution in [-0.4, -0.2) is 37.5 Å². The van der Waals surface area contributed by atoms with Crippen LogP contribution in [-0.2, 0) is 0 Å². The number of aliphatic hydroxyl groups excluding tert-OH is 1. The van der Waals surface area contributed by atoms with E-state index in [9.17, 15) is 9.90 Å². The maximum Gasteiger partial charge on any atom is 0.319 e. The molecule has 0 fully saturated rings. The average Bonchev–Trinajstić information content (AvgIpc) is 3.29. The zero-order valence-corrected chi connectivity index (χ0v) is 18.3. The molecule has 2 aromatic carbocycles. The van der Waals surface area contributed by atoms with Crippen LogP contribution in [0, 0.1) is 0 Å². The quantitative estimate of drug-likeness (QED) is 0.309. The van der Waals surface area contributed by atoms with E-state index >= 15 is 0 Å². The Bertz CT molecular complexity index is 1220. The van der Waals surface area contributed by atoms with Crippen molar-refractivity contribution in [2.45, 2.75) is 12.5 Å². The molecule has 33 heavy (non-hydrogen) atoms. The van der Waals surface area contributed by atoms with E-state index in [1.165, 1.54) is 10.9 Å². The van der Waals surface area contributed by atoms with E-state index in [-0.39, 0.29) is 12.6 Å². The van der Waals surface area contributed by atoms with Crippen molar-refractivity contribution < 1.29 is 9.90 Å². The fourth-order valence-corrected chi connectivity index (χ4v) is 3.38. The average molecular weight is 464 g/mol. The van der Waals surface area contributed by atoms with Gasteiger partial charge in [0.25, 0.3) is 0 Å². The van der Waals surface area contributed by atoms with Gasteiger partial charge < -0.3 is 21.1 Å².